The standard InChI is InChI=1S/C22H26N4O4S/c1-14-19(25-30-24-14)22(28)26-11-6-5-7-15(26)13-17-16-8-3-4-9-18(16)31-20(17)21(27)23-10-12-29-2/h3-4,8-9,15H,5-7,10-13H2,1-2H3,(H,23,27). The van der Waals surface area contributed by atoms with Crippen molar-refractivity contribution >= 4 is 33.2 Å². The number of hydrogen-bond acceptors (Lipinski definition) is 7. The fourth-order valence-corrected chi connectivity index (χ4v) is 5.26. The summed E-state index contributed by atoms with van der Waals surface area (Å²) in [6.45, 7) is 3.29. The second-order valence-corrected chi connectivity index (χ2v) is 8.76. The maximum atomic E-state index is 13.2. The fourth-order valence-electron chi connectivity index (χ4n) is 4.11. The number of aryl methyl sites for hydroxylation is 1. The van der Waals surface area contributed by atoms with Crippen LogP contribution in [-0.4, -0.2) is 59.9 Å². The van der Waals surface area contributed by atoms with E-state index in [0.717, 1.165) is 34.9 Å². The lowest BCUT2D eigenvalue weighted by Crippen LogP contribution is -2.45. The average Bonchev–Trinajstić information content (AvgIpc) is 3.37. The molecule has 1 aliphatic rings. The third kappa shape index (κ3) is 4.47. The summed E-state index contributed by atoms with van der Waals surface area (Å²) >= 11 is 1.49. The van der Waals surface area contributed by atoms with Crippen molar-refractivity contribution in [2.75, 3.05) is 26.8 Å². The van der Waals surface area contributed by atoms with Crippen LogP contribution in [0.4, 0.5) is 0 Å². The summed E-state index contributed by atoms with van der Waals surface area (Å²) in [5.41, 5.74) is 1.75. The summed E-state index contributed by atoms with van der Waals surface area (Å²) in [6.07, 6.45) is 3.49. The number of carbonyl (C=O) groups excluding carboxylic acids is 2. The minimum Gasteiger partial charge on any atom is -0.383 e. The molecule has 3 heterocycles. The Morgan fingerprint density at radius 1 is 1.29 bits per heavy atom. The van der Waals surface area contributed by atoms with Gasteiger partial charge in [0.15, 0.2) is 5.69 Å². The molecule has 2 amide bonds. The Kier molecular flexibility index (Phi) is 6.62. The van der Waals surface area contributed by atoms with Crippen LogP contribution < -0.4 is 5.32 Å². The minimum atomic E-state index is -0.158. The first-order chi connectivity index (χ1) is 15.1. The molecule has 9 heteroatoms. The van der Waals surface area contributed by atoms with E-state index in [2.05, 4.69) is 15.6 Å². The van der Waals surface area contributed by atoms with Gasteiger partial charge in [0.05, 0.1) is 11.5 Å². The lowest BCUT2D eigenvalue weighted by atomic mass is 9.93. The molecule has 0 aliphatic carbocycles. The van der Waals surface area contributed by atoms with Crippen LogP contribution in [0.15, 0.2) is 28.9 Å². The zero-order valence-corrected chi connectivity index (χ0v) is 18.5. The Balaban J connectivity index is 1.64. The number of likely N-dealkylation sites (tertiary alicyclic amines) is 1. The molecule has 0 saturated carbocycles. The quantitative estimate of drug-likeness (QED) is 0.565. The predicted octanol–water partition coefficient (Wildman–Crippen LogP) is 3.21. The van der Waals surface area contributed by atoms with Crippen LogP contribution in [0.3, 0.4) is 0 Å². The summed E-state index contributed by atoms with van der Waals surface area (Å²) < 4.78 is 10.9. The summed E-state index contributed by atoms with van der Waals surface area (Å²) in [5, 5.41) is 11.6. The van der Waals surface area contributed by atoms with E-state index in [1.165, 1.54) is 11.3 Å². The molecule has 0 bridgehead atoms. The minimum absolute atomic E-state index is 0.0131. The number of piperidine rings is 1. The first-order valence-electron chi connectivity index (χ1n) is 10.5. The van der Waals surface area contributed by atoms with Gasteiger partial charge in [-0.2, -0.15) is 0 Å². The second-order valence-electron chi connectivity index (χ2n) is 7.71. The number of carbonyl (C=O) groups is 2. The van der Waals surface area contributed by atoms with Gasteiger partial charge in [-0.25, -0.2) is 4.63 Å². The first-order valence-corrected chi connectivity index (χ1v) is 11.3. The van der Waals surface area contributed by atoms with Gasteiger partial charge >= 0.3 is 0 Å². The van der Waals surface area contributed by atoms with Gasteiger partial charge in [-0.3, -0.25) is 9.59 Å². The molecule has 3 aromatic rings. The molecule has 8 nitrogen and oxygen atoms in total. The molecule has 1 saturated heterocycles. The van der Waals surface area contributed by atoms with Crippen LogP contribution in [0.25, 0.3) is 10.1 Å². The van der Waals surface area contributed by atoms with Crippen molar-refractivity contribution in [2.45, 2.75) is 38.6 Å². The van der Waals surface area contributed by atoms with Crippen LogP contribution in [0.2, 0.25) is 0 Å². The number of thiophene rings is 1. The molecular weight excluding hydrogens is 416 g/mol. The highest BCUT2D eigenvalue weighted by molar-refractivity contribution is 7.21. The van der Waals surface area contributed by atoms with Crippen LogP contribution in [0.1, 0.15) is 50.7 Å². The summed E-state index contributed by atoms with van der Waals surface area (Å²) in [4.78, 5) is 28.7. The van der Waals surface area contributed by atoms with Gasteiger partial charge in [0.1, 0.15) is 5.69 Å². The van der Waals surface area contributed by atoms with E-state index in [4.69, 9.17) is 9.37 Å². The number of hydrogen-bond donors (Lipinski definition) is 1. The maximum Gasteiger partial charge on any atom is 0.278 e. The van der Waals surface area contributed by atoms with Crippen molar-refractivity contribution in [3.05, 3.63) is 46.1 Å². The predicted molar refractivity (Wildman–Crippen MR) is 117 cm³/mol. The Hall–Kier alpha value is -2.78. The van der Waals surface area contributed by atoms with Crippen LogP contribution in [0, 0.1) is 6.92 Å². The number of rotatable bonds is 7. The van der Waals surface area contributed by atoms with Crippen molar-refractivity contribution in [3.63, 3.8) is 0 Å². The van der Waals surface area contributed by atoms with Gasteiger partial charge < -0.3 is 15.0 Å². The molecular formula is C22H26N4O4S. The Labute approximate surface area is 184 Å². The summed E-state index contributed by atoms with van der Waals surface area (Å²) in [7, 11) is 1.61. The topological polar surface area (TPSA) is 97.6 Å². The van der Waals surface area contributed by atoms with E-state index in [1.54, 1.807) is 14.0 Å². The van der Waals surface area contributed by atoms with Gasteiger partial charge in [0.2, 0.25) is 0 Å². The van der Waals surface area contributed by atoms with Gasteiger partial charge in [-0.15, -0.1) is 11.3 Å². The van der Waals surface area contributed by atoms with Crippen molar-refractivity contribution < 1.29 is 19.0 Å². The van der Waals surface area contributed by atoms with E-state index < -0.39 is 0 Å². The van der Waals surface area contributed by atoms with Crippen molar-refractivity contribution in [3.8, 4) is 0 Å². The van der Waals surface area contributed by atoms with Crippen molar-refractivity contribution in [2.24, 2.45) is 0 Å². The molecule has 0 spiro atoms. The number of benzene rings is 1. The highest BCUT2D eigenvalue weighted by atomic mass is 32.1. The second kappa shape index (κ2) is 9.57. The molecule has 2 aromatic heterocycles. The van der Waals surface area contributed by atoms with Crippen LogP contribution >= 0.6 is 11.3 Å². The normalized spacial score (nSPS) is 16.6. The van der Waals surface area contributed by atoms with Gasteiger partial charge in [0.25, 0.3) is 11.8 Å². The maximum absolute atomic E-state index is 13.2. The number of amides is 2. The SMILES string of the molecule is COCCNC(=O)c1sc2ccccc2c1CC1CCCCN1C(=O)c1nonc1C. The van der Waals surface area contributed by atoms with Crippen LogP contribution in [-0.2, 0) is 11.2 Å². The molecule has 1 aromatic carbocycles. The van der Waals surface area contributed by atoms with Gasteiger partial charge in [0, 0.05) is 30.9 Å². The summed E-state index contributed by atoms with van der Waals surface area (Å²) in [5.74, 6) is -0.257. The Morgan fingerprint density at radius 2 is 2.13 bits per heavy atom. The molecule has 1 fully saturated rings. The van der Waals surface area contributed by atoms with E-state index in [1.807, 2.05) is 29.2 Å². The smallest absolute Gasteiger partial charge is 0.278 e. The highest BCUT2D eigenvalue weighted by Gasteiger charge is 2.32. The zero-order chi connectivity index (χ0) is 21.8. The van der Waals surface area contributed by atoms with E-state index >= 15 is 0 Å². The van der Waals surface area contributed by atoms with E-state index in [0.29, 0.717) is 36.7 Å². The number of ether oxygens (including phenoxy) is 1. The van der Waals surface area contributed by atoms with E-state index in [9.17, 15) is 9.59 Å². The van der Waals surface area contributed by atoms with Crippen molar-refractivity contribution in [1.29, 1.82) is 0 Å². The first kappa shape index (κ1) is 21.5. The Bertz CT molecular complexity index is 1080. The highest BCUT2D eigenvalue weighted by Crippen LogP contribution is 2.34. The van der Waals surface area contributed by atoms with E-state index in [-0.39, 0.29) is 23.6 Å². The molecule has 1 aliphatic heterocycles. The molecule has 31 heavy (non-hydrogen) atoms. The monoisotopic (exact) mass is 442 g/mol. The molecule has 4 rings (SSSR count). The summed E-state index contributed by atoms with van der Waals surface area (Å²) in [6, 6.07) is 8.03. The lowest BCUT2D eigenvalue weighted by molar-refractivity contribution is 0.0602. The number of nitrogens with one attached hydrogen (secondary N) is 1. The molecule has 1 N–H and O–H groups in total. The fraction of sp³-hybridized carbons (Fsp3) is 0.455. The number of fused-ring (bicyclic) bond motifs is 1. The zero-order valence-electron chi connectivity index (χ0n) is 17.7. The van der Waals surface area contributed by atoms with Crippen molar-refractivity contribution in [1.82, 2.24) is 20.5 Å². The van der Waals surface area contributed by atoms with Gasteiger partial charge in [-0.1, -0.05) is 23.4 Å². The molecule has 1 unspecified atom stereocenters. The average molecular weight is 443 g/mol. The number of aromatic nitrogens is 2. The van der Waals surface area contributed by atoms with Gasteiger partial charge in [-0.05, 0) is 54.8 Å². The third-order valence-corrected chi connectivity index (χ3v) is 6.89. The van der Waals surface area contributed by atoms with Crippen LogP contribution in [0.5, 0.6) is 0 Å². The molecule has 0 radical (unpaired) electrons. The molecule has 164 valence electrons. The number of methoxy groups -OCH3 is 1. The largest absolute Gasteiger partial charge is 0.383 e. The molecule has 1 atom stereocenters. The number of nitrogens with zero attached hydrogens (tertiary/aromatic N) is 3. The third-order valence-electron chi connectivity index (χ3n) is 5.68. The lowest BCUT2D eigenvalue weighted by Gasteiger charge is -2.35. The Morgan fingerprint density at radius 3 is 2.90 bits per heavy atom.